The van der Waals surface area contributed by atoms with Gasteiger partial charge in [0.25, 0.3) is 0 Å². The molecule has 1 aromatic rings. The smallest absolute Gasteiger partial charge is 0.368 e. The van der Waals surface area contributed by atoms with Crippen LogP contribution in [0.3, 0.4) is 0 Å². The summed E-state index contributed by atoms with van der Waals surface area (Å²) >= 11 is 0. The molecule has 0 radical (unpaired) electrons. The third-order valence-electron chi connectivity index (χ3n) is 3.00. The summed E-state index contributed by atoms with van der Waals surface area (Å²) < 4.78 is 49.9. The van der Waals surface area contributed by atoms with Crippen molar-refractivity contribution in [1.29, 1.82) is 0 Å². The van der Waals surface area contributed by atoms with E-state index in [-0.39, 0.29) is 5.82 Å². The van der Waals surface area contributed by atoms with Gasteiger partial charge in [-0.1, -0.05) is 0 Å². The summed E-state index contributed by atoms with van der Waals surface area (Å²) in [4.78, 5) is 1.72. The minimum atomic E-state index is -4.15. The van der Waals surface area contributed by atoms with Gasteiger partial charge >= 0.3 is 6.18 Å². The second kappa shape index (κ2) is 4.55. The van der Waals surface area contributed by atoms with Crippen molar-refractivity contribution < 1.29 is 17.6 Å². The van der Waals surface area contributed by atoms with Crippen LogP contribution in [0.15, 0.2) is 24.3 Å². The molecule has 5 heteroatoms. The molecule has 17 heavy (non-hydrogen) atoms. The zero-order chi connectivity index (χ0) is 12.5. The van der Waals surface area contributed by atoms with Crippen molar-refractivity contribution in [2.24, 2.45) is 0 Å². The van der Waals surface area contributed by atoms with Gasteiger partial charge in [-0.2, -0.15) is 13.2 Å². The average molecular weight is 247 g/mol. The third kappa shape index (κ3) is 3.11. The fraction of sp³-hybridized carbons (Fsp3) is 0.500. The molecular weight excluding hydrogens is 234 g/mol. The van der Waals surface area contributed by atoms with Gasteiger partial charge in [0.15, 0.2) is 0 Å². The summed E-state index contributed by atoms with van der Waals surface area (Å²) in [5.41, 5.74) is 0.665. The quantitative estimate of drug-likeness (QED) is 0.719. The van der Waals surface area contributed by atoms with Crippen LogP contribution in [0.2, 0.25) is 0 Å². The normalized spacial score (nSPS) is 20.9. The van der Waals surface area contributed by atoms with Crippen molar-refractivity contribution in [1.82, 2.24) is 0 Å². The first-order valence-corrected chi connectivity index (χ1v) is 5.55. The van der Waals surface area contributed by atoms with Gasteiger partial charge in [-0.3, -0.25) is 0 Å². The van der Waals surface area contributed by atoms with Crippen LogP contribution in [0.25, 0.3) is 0 Å². The zero-order valence-corrected chi connectivity index (χ0v) is 9.17. The Kier molecular flexibility index (Phi) is 3.26. The molecule has 1 atom stereocenters. The Bertz CT molecular complexity index is 371. The first kappa shape index (κ1) is 12.2. The average Bonchev–Trinajstić information content (AvgIpc) is 2.64. The fourth-order valence-corrected chi connectivity index (χ4v) is 2.29. The van der Waals surface area contributed by atoms with Gasteiger partial charge in [0, 0.05) is 18.3 Å². The van der Waals surface area contributed by atoms with Gasteiger partial charge in [0.2, 0.25) is 0 Å². The van der Waals surface area contributed by atoms with Crippen molar-refractivity contribution in [2.45, 2.75) is 31.5 Å². The van der Waals surface area contributed by atoms with Crippen LogP contribution >= 0.6 is 0 Å². The molecule has 2 rings (SSSR count). The Hall–Kier alpha value is -1.26. The Labute approximate surface area is 97.0 Å². The minimum Gasteiger partial charge on any atom is -0.368 e. The molecule has 0 bridgehead atoms. The number of benzene rings is 1. The van der Waals surface area contributed by atoms with E-state index in [0.29, 0.717) is 18.7 Å². The molecule has 1 aliphatic heterocycles. The molecule has 1 unspecified atom stereocenters. The highest BCUT2D eigenvalue weighted by Crippen LogP contribution is 2.33. The number of halogens is 4. The SMILES string of the molecule is Fc1ccc(N2CCCC2CC(F)(F)F)cc1. The summed E-state index contributed by atoms with van der Waals surface area (Å²) in [6.07, 6.45) is -3.66. The lowest BCUT2D eigenvalue weighted by Crippen LogP contribution is -2.33. The number of hydrogen-bond donors (Lipinski definition) is 0. The predicted molar refractivity (Wildman–Crippen MR) is 57.4 cm³/mol. The van der Waals surface area contributed by atoms with Crippen LogP contribution in [0, 0.1) is 5.82 Å². The molecule has 1 heterocycles. The van der Waals surface area contributed by atoms with E-state index >= 15 is 0 Å². The van der Waals surface area contributed by atoms with Crippen LogP contribution in [-0.2, 0) is 0 Å². The maximum Gasteiger partial charge on any atom is 0.391 e. The van der Waals surface area contributed by atoms with Gasteiger partial charge in [-0.05, 0) is 37.1 Å². The molecule has 1 fully saturated rings. The lowest BCUT2D eigenvalue weighted by molar-refractivity contribution is -0.137. The van der Waals surface area contributed by atoms with Gasteiger partial charge < -0.3 is 4.90 Å². The van der Waals surface area contributed by atoms with Gasteiger partial charge in [0.1, 0.15) is 5.82 Å². The van der Waals surface area contributed by atoms with E-state index in [1.807, 2.05) is 0 Å². The molecule has 1 saturated heterocycles. The largest absolute Gasteiger partial charge is 0.391 e. The molecule has 0 saturated carbocycles. The zero-order valence-electron chi connectivity index (χ0n) is 9.17. The molecule has 0 amide bonds. The van der Waals surface area contributed by atoms with Crippen LogP contribution < -0.4 is 4.90 Å². The second-order valence-corrected chi connectivity index (χ2v) is 4.29. The molecule has 0 aliphatic carbocycles. The molecule has 1 aliphatic rings. The van der Waals surface area contributed by atoms with Gasteiger partial charge in [0.05, 0.1) is 6.42 Å². The van der Waals surface area contributed by atoms with Crippen molar-refractivity contribution in [2.75, 3.05) is 11.4 Å². The highest BCUT2D eigenvalue weighted by molar-refractivity contribution is 5.48. The molecule has 0 spiro atoms. The molecule has 94 valence electrons. The van der Waals surface area contributed by atoms with E-state index in [2.05, 4.69) is 0 Å². The van der Waals surface area contributed by atoms with E-state index in [1.165, 1.54) is 24.3 Å². The van der Waals surface area contributed by atoms with Crippen molar-refractivity contribution in [3.63, 3.8) is 0 Å². The number of alkyl halides is 3. The van der Waals surface area contributed by atoms with Crippen LogP contribution in [-0.4, -0.2) is 18.8 Å². The Balaban J connectivity index is 2.11. The van der Waals surface area contributed by atoms with Crippen molar-refractivity contribution in [3.05, 3.63) is 30.1 Å². The van der Waals surface area contributed by atoms with Gasteiger partial charge in [-0.15, -0.1) is 0 Å². The molecule has 0 N–H and O–H groups in total. The topological polar surface area (TPSA) is 3.24 Å². The van der Waals surface area contributed by atoms with Crippen molar-refractivity contribution >= 4 is 5.69 Å². The predicted octanol–water partition coefficient (Wildman–Crippen LogP) is 3.75. The monoisotopic (exact) mass is 247 g/mol. The van der Waals surface area contributed by atoms with E-state index in [4.69, 9.17) is 0 Å². The number of hydrogen-bond acceptors (Lipinski definition) is 1. The van der Waals surface area contributed by atoms with E-state index < -0.39 is 18.6 Å². The Morgan fingerprint density at radius 2 is 1.82 bits per heavy atom. The summed E-state index contributed by atoms with van der Waals surface area (Å²) in [5.74, 6) is -0.375. The summed E-state index contributed by atoms with van der Waals surface area (Å²) in [6, 6.07) is 5.10. The molecule has 0 aromatic heterocycles. The minimum absolute atomic E-state index is 0.375. The molecular formula is C12H13F4N. The first-order chi connectivity index (χ1) is 7.96. The molecule has 1 aromatic carbocycles. The Morgan fingerprint density at radius 3 is 2.41 bits per heavy atom. The van der Waals surface area contributed by atoms with Crippen LogP contribution in [0.5, 0.6) is 0 Å². The van der Waals surface area contributed by atoms with E-state index in [9.17, 15) is 17.6 Å². The first-order valence-electron chi connectivity index (χ1n) is 5.55. The fourth-order valence-electron chi connectivity index (χ4n) is 2.29. The van der Waals surface area contributed by atoms with Crippen LogP contribution in [0.1, 0.15) is 19.3 Å². The summed E-state index contributed by atoms with van der Waals surface area (Å²) in [7, 11) is 0. The summed E-state index contributed by atoms with van der Waals surface area (Å²) in [5, 5.41) is 0. The lowest BCUT2D eigenvalue weighted by Gasteiger charge is -2.27. The summed E-state index contributed by atoms with van der Waals surface area (Å²) in [6.45, 7) is 0.604. The van der Waals surface area contributed by atoms with Gasteiger partial charge in [-0.25, -0.2) is 4.39 Å². The lowest BCUT2D eigenvalue weighted by atomic mass is 10.1. The molecule has 1 nitrogen and oxygen atoms in total. The van der Waals surface area contributed by atoms with E-state index in [1.54, 1.807) is 4.90 Å². The highest BCUT2D eigenvalue weighted by Gasteiger charge is 2.36. The number of anilines is 1. The third-order valence-corrected chi connectivity index (χ3v) is 3.00. The van der Waals surface area contributed by atoms with E-state index in [0.717, 1.165) is 6.42 Å². The highest BCUT2D eigenvalue weighted by atomic mass is 19.4. The standard InChI is InChI=1S/C12H13F4N/c13-9-3-5-10(6-4-9)17-7-1-2-11(17)8-12(14,15)16/h3-6,11H,1-2,7-8H2. The second-order valence-electron chi connectivity index (χ2n) is 4.29. The maximum atomic E-state index is 12.7. The van der Waals surface area contributed by atoms with Crippen LogP contribution in [0.4, 0.5) is 23.2 Å². The number of rotatable bonds is 2. The number of nitrogens with zero attached hydrogens (tertiary/aromatic N) is 1. The maximum absolute atomic E-state index is 12.7. The Morgan fingerprint density at radius 1 is 1.18 bits per heavy atom. The van der Waals surface area contributed by atoms with Crippen molar-refractivity contribution in [3.8, 4) is 0 Å².